The number of fused-ring (bicyclic) bond motifs is 2. The quantitative estimate of drug-likeness (QED) is 0.261. The summed E-state index contributed by atoms with van der Waals surface area (Å²) < 4.78 is 11.6. The number of esters is 1. The first-order chi connectivity index (χ1) is 17.4. The minimum Gasteiger partial charge on any atom is -0.497 e. The summed E-state index contributed by atoms with van der Waals surface area (Å²) in [6.07, 6.45) is 4.22. The molecule has 0 unspecified atom stereocenters. The Balaban J connectivity index is 1.36. The van der Waals surface area contributed by atoms with Crippen LogP contribution in [0.1, 0.15) is 63.5 Å². The van der Waals surface area contributed by atoms with E-state index in [0.29, 0.717) is 0 Å². The molecular weight excluding hydrogens is 444 g/mol. The highest BCUT2D eigenvalue weighted by atomic mass is 16.5. The molecule has 5 rings (SSSR count). The summed E-state index contributed by atoms with van der Waals surface area (Å²) in [5, 5.41) is 4.71. The van der Waals surface area contributed by atoms with E-state index in [1.165, 1.54) is 22.8 Å². The highest BCUT2D eigenvalue weighted by Gasteiger charge is 2.41. The van der Waals surface area contributed by atoms with E-state index in [1.807, 2.05) is 31.2 Å². The summed E-state index contributed by atoms with van der Waals surface area (Å²) in [5.41, 5.74) is 2.20. The van der Waals surface area contributed by atoms with Crippen molar-refractivity contribution in [2.75, 3.05) is 7.11 Å². The molecular formula is C33H36O3. The van der Waals surface area contributed by atoms with Crippen molar-refractivity contribution in [2.24, 2.45) is 5.92 Å². The average molecular weight is 481 g/mol. The highest BCUT2D eigenvalue weighted by Crippen LogP contribution is 2.43. The number of hydrogen-bond donors (Lipinski definition) is 0. The zero-order valence-corrected chi connectivity index (χ0v) is 21.8. The molecule has 0 aromatic heterocycles. The van der Waals surface area contributed by atoms with E-state index in [4.69, 9.17) is 9.47 Å². The molecule has 0 aliphatic heterocycles. The molecule has 0 radical (unpaired) electrons. The third kappa shape index (κ3) is 4.72. The Kier molecular flexibility index (Phi) is 6.75. The van der Waals surface area contributed by atoms with Gasteiger partial charge in [-0.1, -0.05) is 87.0 Å². The lowest BCUT2D eigenvalue weighted by Crippen LogP contribution is -2.42. The summed E-state index contributed by atoms with van der Waals surface area (Å²) in [7, 11) is 1.67. The fourth-order valence-corrected chi connectivity index (χ4v) is 5.89. The van der Waals surface area contributed by atoms with Crippen molar-refractivity contribution in [3.8, 4) is 5.75 Å². The Hall–Kier alpha value is -3.33. The lowest BCUT2D eigenvalue weighted by atomic mass is 9.66. The van der Waals surface area contributed by atoms with E-state index < -0.39 is 0 Å². The van der Waals surface area contributed by atoms with Crippen molar-refractivity contribution in [3.63, 3.8) is 0 Å². The first kappa shape index (κ1) is 24.4. The van der Waals surface area contributed by atoms with Gasteiger partial charge in [0, 0.05) is 5.92 Å². The van der Waals surface area contributed by atoms with Gasteiger partial charge in [-0.25, -0.2) is 0 Å². The van der Waals surface area contributed by atoms with Crippen molar-refractivity contribution in [2.45, 2.75) is 63.9 Å². The standard InChI is InChI=1S/C33H36O3/c1-22(24-13-14-27-21-29(35-4)18-16-26(27)19-24)32(34)36-31-12-8-7-11-30(31)33(2,3)28-17-15-23-9-5-6-10-25(23)20-28/h5-6,9-10,13-22,30-31H,7-8,11-12H2,1-4H3/t22-,30+,31+/m0/s1. The maximum atomic E-state index is 13.4. The molecule has 1 saturated carbocycles. The fourth-order valence-electron chi connectivity index (χ4n) is 5.89. The second-order valence-corrected chi connectivity index (χ2v) is 10.8. The molecule has 0 heterocycles. The van der Waals surface area contributed by atoms with Crippen molar-refractivity contribution >= 4 is 27.5 Å². The third-order valence-electron chi connectivity index (χ3n) is 8.32. The van der Waals surface area contributed by atoms with Crippen LogP contribution in [0.2, 0.25) is 0 Å². The summed E-state index contributed by atoms with van der Waals surface area (Å²) in [4.78, 5) is 13.4. The number of benzene rings is 4. The molecule has 0 amide bonds. The summed E-state index contributed by atoms with van der Waals surface area (Å²) in [5.74, 6) is 0.671. The molecule has 1 fully saturated rings. The molecule has 0 spiro atoms. The number of rotatable bonds is 6. The van der Waals surface area contributed by atoms with Crippen LogP contribution in [0.15, 0.2) is 78.9 Å². The molecule has 4 aromatic carbocycles. The van der Waals surface area contributed by atoms with Gasteiger partial charge in [0.1, 0.15) is 11.9 Å². The van der Waals surface area contributed by atoms with Crippen LogP contribution in [0.5, 0.6) is 5.75 Å². The number of hydrogen-bond acceptors (Lipinski definition) is 3. The molecule has 3 heteroatoms. The number of carbonyl (C=O) groups is 1. The summed E-state index contributed by atoms with van der Waals surface area (Å²) in [6.45, 7) is 6.59. The summed E-state index contributed by atoms with van der Waals surface area (Å²) in [6, 6.07) is 27.5. The van der Waals surface area contributed by atoms with Crippen LogP contribution in [0.3, 0.4) is 0 Å². The van der Waals surface area contributed by atoms with Crippen molar-refractivity contribution in [3.05, 3.63) is 90.0 Å². The molecule has 3 atom stereocenters. The van der Waals surface area contributed by atoms with Crippen LogP contribution in [0, 0.1) is 5.92 Å². The number of ether oxygens (including phenoxy) is 2. The number of carbonyl (C=O) groups excluding carboxylic acids is 1. The Morgan fingerprint density at radius 3 is 2.31 bits per heavy atom. The van der Waals surface area contributed by atoms with E-state index in [2.05, 4.69) is 68.4 Å². The van der Waals surface area contributed by atoms with Crippen LogP contribution in [-0.4, -0.2) is 19.2 Å². The second-order valence-electron chi connectivity index (χ2n) is 10.8. The van der Waals surface area contributed by atoms with Crippen molar-refractivity contribution < 1.29 is 14.3 Å². The first-order valence-electron chi connectivity index (χ1n) is 13.1. The van der Waals surface area contributed by atoms with E-state index in [0.717, 1.165) is 41.3 Å². The van der Waals surface area contributed by atoms with Gasteiger partial charge in [-0.05, 0) is 76.4 Å². The number of methoxy groups -OCH3 is 1. The minimum absolute atomic E-state index is 0.0695. The minimum atomic E-state index is -0.317. The predicted octanol–water partition coefficient (Wildman–Crippen LogP) is 8.18. The molecule has 0 saturated heterocycles. The van der Waals surface area contributed by atoms with Gasteiger partial charge in [0.25, 0.3) is 0 Å². The maximum Gasteiger partial charge on any atom is 0.313 e. The van der Waals surface area contributed by atoms with Crippen molar-refractivity contribution in [1.82, 2.24) is 0 Å². The zero-order valence-electron chi connectivity index (χ0n) is 21.8. The first-order valence-corrected chi connectivity index (χ1v) is 13.1. The van der Waals surface area contributed by atoms with Gasteiger partial charge >= 0.3 is 5.97 Å². The highest BCUT2D eigenvalue weighted by molar-refractivity contribution is 5.87. The fraction of sp³-hybridized carbons (Fsp3) is 0.364. The van der Waals surface area contributed by atoms with Crippen LogP contribution < -0.4 is 4.74 Å². The van der Waals surface area contributed by atoms with E-state index in [1.54, 1.807) is 7.11 Å². The van der Waals surface area contributed by atoms with Gasteiger partial charge in [-0.3, -0.25) is 4.79 Å². The van der Waals surface area contributed by atoms with Crippen molar-refractivity contribution in [1.29, 1.82) is 0 Å². The van der Waals surface area contributed by atoms with Gasteiger partial charge in [-0.15, -0.1) is 0 Å². The van der Waals surface area contributed by atoms with Gasteiger partial charge in [0.05, 0.1) is 13.0 Å². The lowest BCUT2D eigenvalue weighted by molar-refractivity contribution is -0.156. The average Bonchev–Trinajstić information content (AvgIpc) is 2.91. The van der Waals surface area contributed by atoms with E-state index in [-0.39, 0.29) is 29.3 Å². The Morgan fingerprint density at radius 2 is 1.50 bits per heavy atom. The zero-order chi connectivity index (χ0) is 25.3. The SMILES string of the molecule is COc1ccc2cc([C@H](C)C(=O)O[C@@H]3CCCC[C@H]3C(C)(C)c3ccc4ccccc4c3)ccc2c1. The Labute approximate surface area is 214 Å². The predicted molar refractivity (Wildman–Crippen MR) is 148 cm³/mol. The molecule has 3 nitrogen and oxygen atoms in total. The van der Waals surface area contributed by atoms with Crippen LogP contribution in [-0.2, 0) is 14.9 Å². The van der Waals surface area contributed by atoms with Gasteiger partial charge in [-0.2, -0.15) is 0 Å². The second kappa shape index (κ2) is 9.97. The molecule has 0 N–H and O–H groups in total. The molecule has 186 valence electrons. The molecule has 1 aliphatic rings. The molecule has 36 heavy (non-hydrogen) atoms. The smallest absolute Gasteiger partial charge is 0.313 e. The van der Waals surface area contributed by atoms with Gasteiger partial charge in [0.2, 0.25) is 0 Å². The molecule has 1 aliphatic carbocycles. The Bertz CT molecular complexity index is 1390. The van der Waals surface area contributed by atoms with E-state index in [9.17, 15) is 4.79 Å². The summed E-state index contributed by atoms with van der Waals surface area (Å²) >= 11 is 0. The topological polar surface area (TPSA) is 35.5 Å². The molecule has 4 aromatic rings. The molecule has 0 bridgehead atoms. The van der Waals surface area contributed by atoms with E-state index >= 15 is 0 Å². The van der Waals surface area contributed by atoms with Crippen LogP contribution in [0.25, 0.3) is 21.5 Å². The normalized spacial score (nSPS) is 19.2. The monoisotopic (exact) mass is 480 g/mol. The van der Waals surface area contributed by atoms with Crippen LogP contribution >= 0.6 is 0 Å². The largest absolute Gasteiger partial charge is 0.497 e. The van der Waals surface area contributed by atoms with Gasteiger partial charge < -0.3 is 9.47 Å². The third-order valence-corrected chi connectivity index (χ3v) is 8.32. The lowest BCUT2D eigenvalue weighted by Gasteiger charge is -2.42. The van der Waals surface area contributed by atoms with Crippen LogP contribution in [0.4, 0.5) is 0 Å². The van der Waals surface area contributed by atoms with Gasteiger partial charge in [0.15, 0.2) is 0 Å². The maximum absolute atomic E-state index is 13.4. The Morgan fingerprint density at radius 1 is 0.833 bits per heavy atom.